The van der Waals surface area contributed by atoms with Gasteiger partial charge in [-0.25, -0.2) is 4.39 Å². The van der Waals surface area contributed by atoms with Gasteiger partial charge in [0, 0.05) is 16.0 Å². The minimum Gasteiger partial charge on any atom is -0.207 e. The molecule has 0 fully saturated rings. The highest BCUT2D eigenvalue weighted by atomic mass is 35.5. The van der Waals surface area contributed by atoms with E-state index in [0.29, 0.717) is 22.9 Å². The van der Waals surface area contributed by atoms with Crippen molar-refractivity contribution in [3.63, 3.8) is 0 Å². The molecule has 1 rings (SSSR count). The number of halogens is 3. The van der Waals surface area contributed by atoms with Gasteiger partial charge in [0.25, 0.3) is 0 Å². The predicted molar refractivity (Wildman–Crippen MR) is 68.8 cm³/mol. The van der Waals surface area contributed by atoms with Crippen molar-refractivity contribution in [3.05, 3.63) is 34.6 Å². The first-order chi connectivity index (χ1) is 7.56. The van der Waals surface area contributed by atoms with Gasteiger partial charge in [0.2, 0.25) is 0 Å². The van der Waals surface area contributed by atoms with Crippen molar-refractivity contribution >= 4 is 23.2 Å². The lowest BCUT2D eigenvalue weighted by atomic mass is 9.96. The Kier molecular flexibility index (Phi) is 5.57. The molecule has 1 aromatic carbocycles. The summed E-state index contributed by atoms with van der Waals surface area (Å²) in [5, 5.41) is 0.406. The fourth-order valence-corrected chi connectivity index (χ4v) is 2.28. The summed E-state index contributed by atoms with van der Waals surface area (Å²) in [6.07, 6.45) is 2.64. The van der Waals surface area contributed by atoms with Gasteiger partial charge in [-0.3, -0.25) is 0 Å². The molecule has 0 N–H and O–H groups in total. The van der Waals surface area contributed by atoms with Crippen LogP contribution in [0.4, 0.5) is 4.39 Å². The molecule has 0 saturated heterocycles. The highest BCUT2D eigenvalue weighted by Gasteiger charge is 2.17. The number of rotatable bonds is 5. The molecule has 0 heterocycles. The summed E-state index contributed by atoms with van der Waals surface area (Å²) in [4.78, 5) is 0. The van der Waals surface area contributed by atoms with Gasteiger partial charge in [0.1, 0.15) is 5.82 Å². The zero-order chi connectivity index (χ0) is 12.1. The third-order valence-electron chi connectivity index (χ3n) is 2.82. The second-order valence-corrected chi connectivity index (χ2v) is 5.15. The number of benzene rings is 1. The Bertz CT molecular complexity index is 318. The topological polar surface area (TPSA) is 0 Å². The Morgan fingerprint density at radius 2 is 2.06 bits per heavy atom. The van der Waals surface area contributed by atoms with Crippen LogP contribution >= 0.6 is 23.2 Å². The van der Waals surface area contributed by atoms with Crippen LogP contribution in [0.25, 0.3) is 0 Å². The fraction of sp³-hybridized carbons (Fsp3) is 0.538. The van der Waals surface area contributed by atoms with Gasteiger partial charge in [-0.2, -0.15) is 0 Å². The summed E-state index contributed by atoms with van der Waals surface area (Å²) in [5.41, 5.74) is 0.534. The maximum Gasteiger partial charge on any atom is 0.127 e. The lowest BCUT2D eigenvalue weighted by Gasteiger charge is -2.18. The van der Waals surface area contributed by atoms with Crippen LogP contribution in [-0.2, 0) is 6.42 Å². The zero-order valence-electron chi connectivity index (χ0n) is 9.64. The molecule has 0 saturated carbocycles. The molecule has 0 bridgehead atoms. The Balaban J connectivity index is 2.72. The van der Waals surface area contributed by atoms with Gasteiger partial charge in [-0.1, -0.05) is 37.9 Å². The highest BCUT2D eigenvalue weighted by molar-refractivity contribution is 6.31. The Hall–Kier alpha value is -0.270. The molecule has 0 aliphatic rings. The molecular weight excluding hydrogens is 246 g/mol. The molecule has 0 aliphatic carbocycles. The molecule has 90 valence electrons. The third kappa shape index (κ3) is 3.64. The summed E-state index contributed by atoms with van der Waals surface area (Å²) in [5.74, 6) is 0.115. The molecule has 3 heteroatoms. The molecule has 2 unspecified atom stereocenters. The second-order valence-electron chi connectivity index (χ2n) is 4.19. The van der Waals surface area contributed by atoms with Gasteiger partial charge in [0.05, 0.1) is 0 Å². The summed E-state index contributed by atoms with van der Waals surface area (Å²) < 4.78 is 13.5. The van der Waals surface area contributed by atoms with Crippen molar-refractivity contribution < 1.29 is 4.39 Å². The van der Waals surface area contributed by atoms with Crippen molar-refractivity contribution in [2.24, 2.45) is 5.92 Å². The van der Waals surface area contributed by atoms with E-state index in [0.717, 1.165) is 12.8 Å². The van der Waals surface area contributed by atoms with Gasteiger partial charge in [0.15, 0.2) is 0 Å². The summed E-state index contributed by atoms with van der Waals surface area (Å²) in [7, 11) is 0. The van der Waals surface area contributed by atoms with Crippen LogP contribution in [0.1, 0.15) is 32.3 Å². The number of alkyl halides is 1. The van der Waals surface area contributed by atoms with E-state index in [1.165, 1.54) is 6.07 Å². The third-order valence-corrected chi connectivity index (χ3v) is 3.76. The van der Waals surface area contributed by atoms with E-state index >= 15 is 0 Å². The van der Waals surface area contributed by atoms with Crippen LogP contribution in [-0.4, -0.2) is 5.38 Å². The average Bonchev–Trinajstić information content (AvgIpc) is 2.23. The molecule has 0 aliphatic heterocycles. The van der Waals surface area contributed by atoms with Crippen molar-refractivity contribution in [2.45, 2.75) is 38.5 Å². The first-order valence-electron chi connectivity index (χ1n) is 5.63. The molecule has 2 atom stereocenters. The smallest absolute Gasteiger partial charge is 0.127 e. The van der Waals surface area contributed by atoms with E-state index in [1.807, 2.05) is 0 Å². The van der Waals surface area contributed by atoms with Gasteiger partial charge in [-0.05, 0) is 30.9 Å². The van der Waals surface area contributed by atoms with Crippen LogP contribution in [0.3, 0.4) is 0 Å². The molecule has 0 aromatic heterocycles. The maximum absolute atomic E-state index is 13.5. The second kappa shape index (κ2) is 6.46. The first-order valence-corrected chi connectivity index (χ1v) is 6.44. The molecule has 0 spiro atoms. The monoisotopic (exact) mass is 262 g/mol. The largest absolute Gasteiger partial charge is 0.207 e. The van der Waals surface area contributed by atoms with E-state index in [2.05, 4.69) is 13.8 Å². The predicted octanol–water partition coefficient (Wildman–Crippen LogP) is 5.07. The normalized spacial score (nSPS) is 14.8. The van der Waals surface area contributed by atoms with E-state index in [-0.39, 0.29) is 11.2 Å². The molecule has 1 aromatic rings. The Morgan fingerprint density at radius 3 is 2.62 bits per heavy atom. The number of hydrogen-bond acceptors (Lipinski definition) is 0. The van der Waals surface area contributed by atoms with Crippen LogP contribution in [0, 0.1) is 11.7 Å². The maximum atomic E-state index is 13.5. The minimum atomic E-state index is -0.262. The molecular formula is C13H17Cl2F. The van der Waals surface area contributed by atoms with Crippen molar-refractivity contribution in [1.29, 1.82) is 0 Å². The average molecular weight is 263 g/mol. The van der Waals surface area contributed by atoms with E-state index in [1.54, 1.807) is 12.1 Å². The van der Waals surface area contributed by atoms with E-state index < -0.39 is 0 Å². The van der Waals surface area contributed by atoms with Crippen molar-refractivity contribution in [3.8, 4) is 0 Å². The Labute approximate surface area is 107 Å². The van der Waals surface area contributed by atoms with Crippen LogP contribution in [0.15, 0.2) is 18.2 Å². The highest BCUT2D eigenvalue weighted by Crippen LogP contribution is 2.26. The summed E-state index contributed by atoms with van der Waals surface area (Å²) >= 11 is 12.2. The summed E-state index contributed by atoms with van der Waals surface area (Å²) in [6.45, 7) is 4.21. The van der Waals surface area contributed by atoms with Crippen LogP contribution < -0.4 is 0 Å². The lowest BCUT2D eigenvalue weighted by Crippen LogP contribution is -2.15. The molecule has 0 amide bonds. The van der Waals surface area contributed by atoms with Crippen LogP contribution in [0.5, 0.6) is 0 Å². The molecule has 0 nitrogen and oxygen atoms in total. The standard InChI is InChI=1S/C13H17Cl2F/c1-3-5-9(2)12(15)8-10-11(14)6-4-7-13(10)16/h4,6-7,9,12H,3,5,8H2,1-2H3. The molecule has 16 heavy (non-hydrogen) atoms. The first kappa shape index (κ1) is 13.8. The van der Waals surface area contributed by atoms with Gasteiger partial charge < -0.3 is 0 Å². The summed E-state index contributed by atoms with van der Waals surface area (Å²) in [6, 6.07) is 4.74. The zero-order valence-corrected chi connectivity index (χ0v) is 11.2. The number of hydrogen-bond donors (Lipinski definition) is 0. The SMILES string of the molecule is CCCC(C)C(Cl)Cc1c(F)cccc1Cl. The van der Waals surface area contributed by atoms with Crippen molar-refractivity contribution in [2.75, 3.05) is 0 Å². The molecule has 0 radical (unpaired) electrons. The van der Waals surface area contributed by atoms with E-state index in [4.69, 9.17) is 23.2 Å². The minimum absolute atomic E-state index is 0.0608. The van der Waals surface area contributed by atoms with Gasteiger partial charge >= 0.3 is 0 Å². The lowest BCUT2D eigenvalue weighted by molar-refractivity contribution is 0.487. The van der Waals surface area contributed by atoms with Crippen LogP contribution in [0.2, 0.25) is 5.02 Å². The Morgan fingerprint density at radius 1 is 1.38 bits per heavy atom. The quantitative estimate of drug-likeness (QED) is 0.651. The van der Waals surface area contributed by atoms with E-state index in [9.17, 15) is 4.39 Å². The van der Waals surface area contributed by atoms with Gasteiger partial charge in [-0.15, -0.1) is 11.6 Å². The fourth-order valence-electron chi connectivity index (χ4n) is 1.76. The van der Waals surface area contributed by atoms with Crippen molar-refractivity contribution in [1.82, 2.24) is 0 Å².